The highest BCUT2D eigenvalue weighted by molar-refractivity contribution is 5.55. The Morgan fingerprint density at radius 2 is 2.00 bits per heavy atom. The van der Waals surface area contributed by atoms with Crippen molar-refractivity contribution in [2.24, 2.45) is 0 Å². The molecule has 0 radical (unpaired) electrons. The Morgan fingerprint density at radius 1 is 1.30 bits per heavy atom. The molecule has 0 amide bonds. The second-order valence-electron chi connectivity index (χ2n) is 1.85. The number of benzene rings is 1. The molecule has 10 heavy (non-hydrogen) atoms. The Hall–Kier alpha value is -1.31. The number of hydrogen-bond donors (Lipinski definition) is 1. The molecule has 1 aromatic carbocycles. The number of halogens is 1. The lowest BCUT2D eigenvalue weighted by Crippen LogP contribution is -1.70. The standard InChI is InChI=1S/C8H7FO/c9-6-5-7-3-1-2-4-8(7)10/h1-6,10H. The van der Waals surface area contributed by atoms with E-state index in [-0.39, 0.29) is 5.75 Å². The Morgan fingerprint density at radius 3 is 2.60 bits per heavy atom. The van der Waals surface area contributed by atoms with Crippen molar-refractivity contribution in [2.45, 2.75) is 0 Å². The molecule has 0 fully saturated rings. The summed E-state index contributed by atoms with van der Waals surface area (Å²) in [5.74, 6) is 0.0939. The van der Waals surface area contributed by atoms with Gasteiger partial charge >= 0.3 is 0 Å². The van der Waals surface area contributed by atoms with E-state index in [1.807, 2.05) is 0 Å². The molecule has 0 bridgehead atoms. The lowest BCUT2D eigenvalue weighted by atomic mass is 10.2. The van der Waals surface area contributed by atoms with Gasteiger partial charge in [0.15, 0.2) is 0 Å². The van der Waals surface area contributed by atoms with Crippen LogP contribution in [0, 0.1) is 0 Å². The van der Waals surface area contributed by atoms with Gasteiger partial charge in [-0.3, -0.25) is 0 Å². The van der Waals surface area contributed by atoms with Gasteiger partial charge in [0.1, 0.15) is 5.75 Å². The molecule has 0 aliphatic heterocycles. The van der Waals surface area contributed by atoms with Gasteiger partial charge in [0.25, 0.3) is 0 Å². The van der Waals surface area contributed by atoms with Crippen LogP contribution in [0.15, 0.2) is 30.6 Å². The van der Waals surface area contributed by atoms with Crippen LogP contribution in [-0.2, 0) is 0 Å². The minimum Gasteiger partial charge on any atom is -0.507 e. The highest BCUT2D eigenvalue weighted by Crippen LogP contribution is 2.16. The monoisotopic (exact) mass is 138 g/mol. The summed E-state index contributed by atoms with van der Waals surface area (Å²) in [5.41, 5.74) is 0.491. The van der Waals surface area contributed by atoms with Gasteiger partial charge in [-0.2, -0.15) is 0 Å². The summed E-state index contributed by atoms with van der Waals surface area (Å²) in [6, 6.07) is 6.56. The van der Waals surface area contributed by atoms with Crippen LogP contribution in [-0.4, -0.2) is 5.11 Å². The van der Waals surface area contributed by atoms with E-state index in [1.54, 1.807) is 18.2 Å². The molecule has 0 saturated heterocycles. The van der Waals surface area contributed by atoms with E-state index in [0.717, 1.165) is 0 Å². The molecule has 0 aliphatic carbocycles. The Kier molecular flexibility index (Phi) is 2.05. The maximum atomic E-state index is 11.6. The van der Waals surface area contributed by atoms with Crippen LogP contribution in [0.3, 0.4) is 0 Å². The number of phenols is 1. The SMILES string of the molecule is Oc1ccccc1C=CF. The molecule has 0 aliphatic rings. The summed E-state index contributed by atoms with van der Waals surface area (Å²) in [6.45, 7) is 0. The van der Waals surface area contributed by atoms with Crippen molar-refractivity contribution < 1.29 is 9.50 Å². The van der Waals surface area contributed by atoms with Gasteiger partial charge in [-0.25, -0.2) is 4.39 Å². The summed E-state index contributed by atoms with van der Waals surface area (Å²) >= 11 is 0. The van der Waals surface area contributed by atoms with Crippen LogP contribution in [0.1, 0.15) is 5.56 Å². The quantitative estimate of drug-likeness (QED) is 0.631. The van der Waals surface area contributed by atoms with Crippen LogP contribution in [0.2, 0.25) is 0 Å². The summed E-state index contributed by atoms with van der Waals surface area (Å²) in [4.78, 5) is 0. The number of hydrogen-bond acceptors (Lipinski definition) is 1. The number of rotatable bonds is 1. The molecule has 1 rings (SSSR count). The van der Waals surface area contributed by atoms with Crippen molar-refractivity contribution in [1.29, 1.82) is 0 Å². The molecule has 0 atom stereocenters. The number of para-hydroxylation sites is 1. The van der Waals surface area contributed by atoms with Gasteiger partial charge in [0.05, 0.1) is 6.33 Å². The van der Waals surface area contributed by atoms with Crippen molar-refractivity contribution in [3.8, 4) is 5.75 Å². The molecule has 0 unspecified atom stereocenters. The van der Waals surface area contributed by atoms with Crippen LogP contribution < -0.4 is 0 Å². The second-order valence-corrected chi connectivity index (χ2v) is 1.85. The van der Waals surface area contributed by atoms with Crippen molar-refractivity contribution >= 4 is 6.08 Å². The van der Waals surface area contributed by atoms with Gasteiger partial charge in [0, 0.05) is 5.56 Å². The van der Waals surface area contributed by atoms with Crippen LogP contribution >= 0.6 is 0 Å². The molecule has 0 saturated carbocycles. The smallest absolute Gasteiger partial charge is 0.122 e. The lowest BCUT2D eigenvalue weighted by molar-refractivity contribution is 0.474. The third-order valence-electron chi connectivity index (χ3n) is 1.18. The van der Waals surface area contributed by atoms with Crippen molar-refractivity contribution in [3.63, 3.8) is 0 Å². The zero-order valence-electron chi connectivity index (χ0n) is 5.29. The molecular weight excluding hydrogens is 131 g/mol. The number of aromatic hydroxyl groups is 1. The summed E-state index contributed by atoms with van der Waals surface area (Å²) in [5, 5.41) is 9.02. The predicted molar refractivity (Wildman–Crippen MR) is 38.2 cm³/mol. The van der Waals surface area contributed by atoms with Gasteiger partial charge in [-0.1, -0.05) is 18.2 Å². The van der Waals surface area contributed by atoms with E-state index in [1.165, 1.54) is 12.1 Å². The Balaban J connectivity index is 3.03. The van der Waals surface area contributed by atoms with Crippen molar-refractivity contribution in [3.05, 3.63) is 36.2 Å². The van der Waals surface area contributed by atoms with Gasteiger partial charge in [-0.15, -0.1) is 0 Å². The third kappa shape index (κ3) is 1.35. The number of phenolic OH excluding ortho intramolecular Hbond substituents is 1. The van der Waals surface area contributed by atoms with Crippen molar-refractivity contribution in [1.82, 2.24) is 0 Å². The van der Waals surface area contributed by atoms with E-state index in [9.17, 15) is 4.39 Å². The lowest BCUT2D eigenvalue weighted by Gasteiger charge is -1.94. The Bertz CT molecular complexity index is 243. The fourth-order valence-corrected chi connectivity index (χ4v) is 0.696. The van der Waals surface area contributed by atoms with Crippen molar-refractivity contribution in [2.75, 3.05) is 0 Å². The summed E-state index contributed by atoms with van der Waals surface area (Å²) in [7, 11) is 0. The average Bonchev–Trinajstić information content (AvgIpc) is 1.94. The topological polar surface area (TPSA) is 20.2 Å². The molecule has 0 heterocycles. The zero-order valence-corrected chi connectivity index (χ0v) is 5.29. The fourth-order valence-electron chi connectivity index (χ4n) is 0.696. The molecule has 1 nitrogen and oxygen atoms in total. The first-order chi connectivity index (χ1) is 4.84. The predicted octanol–water partition coefficient (Wildman–Crippen LogP) is 2.33. The minimum atomic E-state index is 0.0939. The first-order valence-electron chi connectivity index (χ1n) is 2.89. The summed E-state index contributed by atoms with van der Waals surface area (Å²) in [6.07, 6.45) is 1.60. The Labute approximate surface area is 58.4 Å². The van der Waals surface area contributed by atoms with Crippen LogP contribution in [0.25, 0.3) is 6.08 Å². The molecular formula is C8H7FO. The molecule has 52 valence electrons. The normalized spacial score (nSPS) is 10.5. The highest BCUT2D eigenvalue weighted by atomic mass is 19.1. The highest BCUT2D eigenvalue weighted by Gasteiger charge is 1.91. The van der Waals surface area contributed by atoms with Gasteiger partial charge in [-0.05, 0) is 12.1 Å². The van der Waals surface area contributed by atoms with E-state index < -0.39 is 0 Å². The second kappa shape index (κ2) is 3.01. The van der Waals surface area contributed by atoms with Crippen LogP contribution in [0.5, 0.6) is 5.75 Å². The first-order valence-corrected chi connectivity index (χ1v) is 2.89. The van der Waals surface area contributed by atoms with Gasteiger partial charge < -0.3 is 5.11 Å². The van der Waals surface area contributed by atoms with E-state index in [2.05, 4.69) is 0 Å². The maximum absolute atomic E-state index is 11.6. The first kappa shape index (κ1) is 6.81. The molecule has 2 heteroatoms. The molecule has 0 aromatic heterocycles. The van der Waals surface area contributed by atoms with E-state index >= 15 is 0 Å². The molecule has 1 N–H and O–H groups in total. The fraction of sp³-hybridized carbons (Fsp3) is 0. The van der Waals surface area contributed by atoms with E-state index in [0.29, 0.717) is 11.9 Å². The molecule has 0 spiro atoms. The van der Waals surface area contributed by atoms with Gasteiger partial charge in [0.2, 0.25) is 0 Å². The minimum absolute atomic E-state index is 0.0939. The average molecular weight is 138 g/mol. The summed E-state index contributed by atoms with van der Waals surface area (Å²) < 4.78 is 11.6. The largest absolute Gasteiger partial charge is 0.507 e. The maximum Gasteiger partial charge on any atom is 0.122 e. The van der Waals surface area contributed by atoms with Crippen LogP contribution in [0.4, 0.5) is 4.39 Å². The van der Waals surface area contributed by atoms with E-state index in [4.69, 9.17) is 5.11 Å². The zero-order chi connectivity index (χ0) is 7.40. The molecule has 1 aromatic rings. The third-order valence-corrected chi connectivity index (χ3v) is 1.18.